The first-order valence-electron chi connectivity index (χ1n) is 24.1. The van der Waals surface area contributed by atoms with Gasteiger partial charge in [-0.2, -0.15) is 9.47 Å². The van der Waals surface area contributed by atoms with Gasteiger partial charge < -0.3 is 39.9 Å². The highest BCUT2D eigenvalue weighted by molar-refractivity contribution is 6.16. The number of piperidine rings is 3. The van der Waals surface area contributed by atoms with Crippen molar-refractivity contribution in [1.82, 2.24) is 24.7 Å². The van der Waals surface area contributed by atoms with Crippen molar-refractivity contribution < 1.29 is 38.6 Å². The Kier molecular flexibility index (Phi) is 6.65. The monoisotopic (exact) mass is 892 g/mol. The molecule has 7 saturated heterocycles. The zero-order valence-electron chi connectivity index (χ0n) is 38.8. The summed E-state index contributed by atoms with van der Waals surface area (Å²) >= 11 is 0. The molecule has 5 unspecified atom stereocenters. The van der Waals surface area contributed by atoms with Crippen molar-refractivity contribution in [2.45, 2.75) is 145 Å². The third-order valence-electron chi connectivity index (χ3n) is 19.1. The molecule has 8 fully saturated rings. The van der Waals surface area contributed by atoms with E-state index in [1.54, 1.807) is 0 Å². The van der Waals surface area contributed by atoms with E-state index >= 15 is 19.6 Å². The second-order valence-electron chi connectivity index (χ2n) is 23.7. The van der Waals surface area contributed by atoms with Crippen LogP contribution in [0.15, 0.2) is 36.4 Å². The van der Waals surface area contributed by atoms with Crippen LogP contribution in [0.1, 0.15) is 128 Å². The summed E-state index contributed by atoms with van der Waals surface area (Å²) in [5, 5.41) is 33.7. The van der Waals surface area contributed by atoms with E-state index in [9.17, 15) is 10.0 Å². The first-order chi connectivity index (χ1) is 31.1. The van der Waals surface area contributed by atoms with Crippen LogP contribution in [0.25, 0.3) is 23.1 Å². The van der Waals surface area contributed by atoms with E-state index in [4.69, 9.17) is 9.47 Å². The number of aromatic nitrogens is 1. The van der Waals surface area contributed by atoms with Gasteiger partial charge in [0.25, 0.3) is 5.91 Å². The summed E-state index contributed by atoms with van der Waals surface area (Å²) in [6, 6.07) is 6.52. The SMILES string of the molecule is CC1(C)C=Cc2c(ccc3c2[N+]([O-])=C2C(C)(C)[C@@H]4CCC(=O)NC4(C(=O)N4CCC4)[C@H]4N5C(=O)C67CCCN6C(=O)C56C(C7)C(C)(C)c5c(c7ccc8c(c7n5O)C=CC(C)(C)O8)[C@@H]6C234)O1. The minimum absolute atomic E-state index is 0.136. The molecule has 4 amide bonds. The Balaban J connectivity index is 1.21. The van der Waals surface area contributed by atoms with Crippen LogP contribution in [0.3, 0.4) is 0 Å². The maximum atomic E-state index is 16.8. The highest BCUT2D eigenvalue weighted by atomic mass is 16.5. The summed E-state index contributed by atoms with van der Waals surface area (Å²) in [7, 11) is 0. The number of benzene rings is 2. The number of hydrogen-bond acceptors (Lipinski definition) is 8. The third kappa shape index (κ3) is 3.79. The summed E-state index contributed by atoms with van der Waals surface area (Å²) in [6.45, 7) is 17.5. The average molecular weight is 893 g/mol. The van der Waals surface area contributed by atoms with Gasteiger partial charge in [0.05, 0.1) is 28.2 Å². The molecule has 10 aliphatic heterocycles. The summed E-state index contributed by atoms with van der Waals surface area (Å²) in [4.78, 5) is 69.7. The predicted molar refractivity (Wildman–Crippen MR) is 243 cm³/mol. The van der Waals surface area contributed by atoms with Crippen LogP contribution >= 0.6 is 0 Å². The summed E-state index contributed by atoms with van der Waals surface area (Å²) < 4.78 is 15.5. The first kappa shape index (κ1) is 39.4. The molecule has 66 heavy (non-hydrogen) atoms. The van der Waals surface area contributed by atoms with Crippen molar-refractivity contribution in [3.8, 4) is 11.5 Å². The Morgan fingerprint density at radius 2 is 1.53 bits per heavy atom. The third-order valence-corrected chi connectivity index (χ3v) is 19.1. The molecule has 8 atom stereocenters. The standard InChI is InChI=1S/C52H56N6O8/c1-45(2)20-17-26-30(65-45)13-11-28-35-38-50-29-12-14-31-27(18-21-46(3,4)66-31)37(29)58(64)40(50)48(7,8)32-15-16-34(59)53-51(32,43(61)54-22-10-23-54)41(50)56-42(60)49-19-9-24-55(49)44(62)52(38,56)33(25-49)47(5,6)39(35)57(63)36(26)28/h11-14,17-18,20-21,32-33,38,41,63H,9-10,15-16,19,22-25H2,1-8H3,(H,53,59)/t32-,33?,38+,41-,49?,50?,51?,52?/m0/s1. The quantitative estimate of drug-likeness (QED) is 0.170. The molecular formula is C52H56N6O8. The molecule has 15 rings (SSSR count). The second kappa shape index (κ2) is 11.1. The molecule has 2 N–H and O–H groups in total. The summed E-state index contributed by atoms with van der Waals surface area (Å²) in [5.74, 6) is -2.06. The van der Waals surface area contributed by atoms with Gasteiger partial charge in [0, 0.05) is 65.7 Å². The van der Waals surface area contributed by atoms with Gasteiger partial charge in [0.1, 0.15) is 44.7 Å². The molecular weight excluding hydrogens is 837 g/mol. The van der Waals surface area contributed by atoms with Crippen molar-refractivity contribution in [2.24, 2.45) is 17.3 Å². The molecule has 2 bridgehead atoms. The number of piperazine rings is 1. The zero-order valence-corrected chi connectivity index (χ0v) is 38.8. The van der Waals surface area contributed by atoms with E-state index in [0.29, 0.717) is 107 Å². The van der Waals surface area contributed by atoms with Gasteiger partial charge in [0.15, 0.2) is 5.71 Å². The van der Waals surface area contributed by atoms with Crippen molar-refractivity contribution in [3.63, 3.8) is 0 Å². The fourth-order valence-corrected chi connectivity index (χ4v) is 17.0. The van der Waals surface area contributed by atoms with Gasteiger partial charge in [-0.1, -0.05) is 13.8 Å². The van der Waals surface area contributed by atoms with E-state index in [0.717, 1.165) is 11.2 Å². The second-order valence-corrected chi connectivity index (χ2v) is 23.7. The molecule has 14 heteroatoms. The van der Waals surface area contributed by atoms with Crippen molar-refractivity contribution in [3.05, 3.63) is 69.6 Å². The van der Waals surface area contributed by atoms with Crippen LogP contribution in [0.2, 0.25) is 0 Å². The van der Waals surface area contributed by atoms with Crippen LogP contribution in [0.4, 0.5) is 5.69 Å². The smallest absolute Gasteiger partial charge is 0.250 e. The Hall–Kier alpha value is -5.79. The molecule has 2 aliphatic carbocycles. The van der Waals surface area contributed by atoms with E-state index in [-0.39, 0.29) is 30.0 Å². The normalized spacial score (nSPS) is 37.6. The number of ether oxygens (including phenoxy) is 2. The van der Waals surface area contributed by atoms with Gasteiger partial charge in [-0.25, -0.2) is 0 Å². The molecule has 14 nitrogen and oxygen atoms in total. The lowest BCUT2D eigenvalue weighted by Gasteiger charge is -2.68. The largest absolute Gasteiger partial charge is 0.618 e. The fraction of sp³-hybridized carbons (Fsp3) is 0.558. The number of amides is 4. The maximum Gasteiger partial charge on any atom is 0.250 e. The lowest BCUT2D eigenvalue weighted by molar-refractivity contribution is -0.366. The minimum Gasteiger partial charge on any atom is -0.618 e. The summed E-state index contributed by atoms with van der Waals surface area (Å²) in [5.41, 5.74) is -5.08. The fourth-order valence-electron chi connectivity index (χ4n) is 17.0. The molecule has 3 spiro atoms. The lowest BCUT2D eigenvalue weighted by Crippen LogP contribution is -2.88. The lowest BCUT2D eigenvalue weighted by atomic mass is 9.40. The molecule has 2 aromatic carbocycles. The zero-order chi connectivity index (χ0) is 46.0. The molecule has 1 saturated carbocycles. The Morgan fingerprint density at radius 3 is 2.23 bits per heavy atom. The van der Waals surface area contributed by atoms with Crippen LogP contribution in [-0.4, -0.2) is 112 Å². The number of nitrogens with one attached hydrogen (secondary N) is 1. The topological polar surface area (TPSA) is 160 Å². The number of carbonyl (C=O) groups is 4. The first-order valence-corrected chi connectivity index (χ1v) is 24.1. The van der Waals surface area contributed by atoms with Crippen molar-refractivity contribution in [1.29, 1.82) is 0 Å². The Morgan fingerprint density at radius 1 is 0.848 bits per heavy atom. The minimum atomic E-state index is -1.75. The number of fused-ring (bicyclic) bond motifs is 11. The van der Waals surface area contributed by atoms with Crippen LogP contribution < -0.4 is 14.8 Å². The number of likely N-dealkylation sites (tertiary alicyclic amines) is 1. The maximum absolute atomic E-state index is 16.8. The van der Waals surface area contributed by atoms with E-state index < -0.39 is 67.9 Å². The van der Waals surface area contributed by atoms with Gasteiger partial charge in [-0.15, -0.1) is 0 Å². The van der Waals surface area contributed by atoms with Crippen molar-refractivity contribution in [2.75, 3.05) is 19.6 Å². The van der Waals surface area contributed by atoms with Crippen LogP contribution in [0, 0.1) is 22.5 Å². The molecule has 1 aromatic heterocycles. The van der Waals surface area contributed by atoms with Crippen molar-refractivity contribution >= 4 is 58.1 Å². The van der Waals surface area contributed by atoms with E-state index in [1.807, 2.05) is 105 Å². The highest BCUT2D eigenvalue weighted by Gasteiger charge is 2.94. The van der Waals surface area contributed by atoms with Gasteiger partial charge in [0.2, 0.25) is 23.4 Å². The number of nitrogens with zero attached hydrogens (tertiary/aromatic N) is 5. The van der Waals surface area contributed by atoms with Crippen LogP contribution in [-0.2, 0) is 30.0 Å². The van der Waals surface area contributed by atoms with E-state index in [2.05, 4.69) is 19.2 Å². The molecule has 11 heterocycles. The number of carbonyl (C=O) groups excluding carboxylic acids is 4. The van der Waals surface area contributed by atoms with Crippen LogP contribution in [0.5, 0.6) is 11.5 Å². The Bertz CT molecular complexity index is 3040. The number of hydrogen-bond donors (Lipinski definition) is 2. The Labute approximate surface area is 382 Å². The molecule has 0 radical (unpaired) electrons. The molecule has 12 aliphatic rings. The van der Waals surface area contributed by atoms with Gasteiger partial charge >= 0.3 is 0 Å². The van der Waals surface area contributed by atoms with E-state index in [1.165, 1.54) is 4.73 Å². The van der Waals surface area contributed by atoms with Gasteiger partial charge in [-0.3, -0.25) is 19.2 Å². The molecule has 3 aromatic rings. The van der Waals surface area contributed by atoms with Gasteiger partial charge in [-0.05, 0) is 128 Å². The highest BCUT2D eigenvalue weighted by Crippen LogP contribution is 2.80. The summed E-state index contributed by atoms with van der Waals surface area (Å²) in [6.07, 6.45) is 10.5. The predicted octanol–water partition coefficient (Wildman–Crippen LogP) is 6.04. The molecule has 342 valence electrons. The number of rotatable bonds is 1. The average Bonchev–Trinajstić information content (AvgIpc) is 3.94.